The predicted molar refractivity (Wildman–Crippen MR) is 139 cm³/mol. The van der Waals surface area contributed by atoms with E-state index in [-0.39, 0.29) is 17.3 Å². The Morgan fingerprint density at radius 2 is 1.67 bits per heavy atom. The molecule has 0 aromatic heterocycles. The summed E-state index contributed by atoms with van der Waals surface area (Å²) < 4.78 is 33.5. The maximum Gasteiger partial charge on any atom is 0.264 e. The fraction of sp³-hybridized carbons (Fsp3) is 0.231. The summed E-state index contributed by atoms with van der Waals surface area (Å²) in [6.45, 7) is 1.14. The van der Waals surface area contributed by atoms with Gasteiger partial charge in [0.1, 0.15) is 18.3 Å². The first kappa shape index (κ1) is 27.0. The molecule has 0 aliphatic rings. The average molecular weight is 530 g/mol. The van der Waals surface area contributed by atoms with E-state index >= 15 is 0 Å². The van der Waals surface area contributed by atoms with Crippen molar-refractivity contribution >= 4 is 39.1 Å². The minimum Gasteiger partial charge on any atom is -0.497 e. The number of rotatable bonds is 10. The van der Waals surface area contributed by atoms with Gasteiger partial charge in [-0.05, 0) is 61.0 Å². The third kappa shape index (κ3) is 6.35. The zero-order chi connectivity index (χ0) is 26.3. The van der Waals surface area contributed by atoms with E-state index in [0.29, 0.717) is 22.0 Å². The Bertz CT molecular complexity index is 1300. The number of sulfonamides is 1. The van der Waals surface area contributed by atoms with Gasteiger partial charge in [-0.15, -0.1) is 0 Å². The van der Waals surface area contributed by atoms with Crippen LogP contribution in [0.5, 0.6) is 5.75 Å². The molecule has 0 saturated heterocycles. The first-order valence-corrected chi connectivity index (χ1v) is 13.0. The van der Waals surface area contributed by atoms with Gasteiger partial charge >= 0.3 is 0 Å². The molecule has 0 aliphatic heterocycles. The summed E-state index contributed by atoms with van der Waals surface area (Å²) in [7, 11) is -1.17. The number of amides is 2. The third-order valence-electron chi connectivity index (χ3n) is 5.63. The molecule has 0 radical (unpaired) electrons. The SMILES string of the molecule is CNC(=O)[C@@H](C)N(Cc1cccc(Cl)c1)C(=O)CN(c1ccccc1)S(=O)(=O)c1ccc(OC)cc1. The lowest BCUT2D eigenvalue weighted by atomic mass is 10.1. The molecule has 0 unspecified atom stereocenters. The summed E-state index contributed by atoms with van der Waals surface area (Å²) >= 11 is 6.11. The van der Waals surface area contributed by atoms with Crippen molar-refractivity contribution in [2.75, 3.05) is 25.0 Å². The zero-order valence-electron chi connectivity index (χ0n) is 20.2. The van der Waals surface area contributed by atoms with Gasteiger partial charge in [-0.2, -0.15) is 0 Å². The van der Waals surface area contributed by atoms with Crippen molar-refractivity contribution < 1.29 is 22.7 Å². The number of para-hydroxylation sites is 1. The molecular formula is C26H28ClN3O5S. The fourth-order valence-corrected chi connectivity index (χ4v) is 5.25. The van der Waals surface area contributed by atoms with Crippen LogP contribution in [0.4, 0.5) is 5.69 Å². The Labute approximate surface area is 216 Å². The fourth-order valence-electron chi connectivity index (χ4n) is 3.62. The number of hydrogen-bond acceptors (Lipinski definition) is 5. The van der Waals surface area contributed by atoms with Crippen LogP contribution in [0, 0.1) is 0 Å². The molecule has 0 saturated carbocycles. The van der Waals surface area contributed by atoms with E-state index in [1.54, 1.807) is 61.5 Å². The molecule has 0 spiro atoms. The lowest BCUT2D eigenvalue weighted by Gasteiger charge is -2.31. The molecule has 0 bridgehead atoms. The number of anilines is 1. The highest BCUT2D eigenvalue weighted by atomic mass is 35.5. The molecule has 8 nitrogen and oxygen atoms in total. The van der Waals surface area contributed by atoms with Gasteiger partial charge in [0, 0.05) is 18.6 Å². The minimum absolute atomic E-state index is 0.000643. The van der Waals surface area contributed by atoms with Gasteiger partial charge in [0.15, 0.2) is 0 Å². The second kappa shape index (κ2) is 11.9. The quantitative estimate of drug-likeness (QED) is 0.432. The number of carbonyl (C=O) groups is 2. The standard InChI is InChI=1S/C26H28ClN3O5S/c1-19(26(32)28-2)29(17-20-8-7-9-21(27)16-20)25(31)18-30(22-10-5-4-6-11-22)36(33,34)24-14-12-23(35-3)13-15-24/h4-16,19H,17-18H2,1-3H3,(H,28,32)/t19-/m1/s1. The van der Waals surface area contributed by atoms with Crippen LogP contribution >= 0.6 is 11.6 Å². The summed E-state index contributed by atoms with van der Waals surface area (Å²) in [5.74, 6) is -0.426. The summed E-state index contributed by atoms with van der Waals surface area (Å²) in [6, 6.07) is 20.3. The van der Waals surface area contributed by atoms with E-state index in [1.807, 2.05) is 0 Å². The molecule has 36 heavy (non-hydrogen) atoms. The lowest BCUT2D eigenvalue weighted by Crippen LogP contribution is -2.50. The minimum atomic E-state index is -4.13. The molecule has 0 aliphatic carbocycles. The van der Waals surface area contributed by atoms with E-state index in [0.717, 1.165) is 4.31 Å². The van der Waals surface area contributed by atoms with Crippen LogP contribution in [-0.4, -0.2) is 51.9 Å². The van der Waals surface area contributed by atoms with Gasteiger partial charge in [-0.1, -0.05) is 41.9 Å². The highest BCUT2D eigenvalue weighted by molar-refractivity contribution is 7.92. The molecule has 3 aromatic carbocycles. The molecule has 0 fully saturated rings. The van der Waals surface area contributed by atoms with Crippen LogP contribution in [0.3, 0.4) is 0 Å². The second-order valence-corrected chi connectivity index (χ2v) is 10.3. The third-order valence-corrected chi connectivity index (χ3v) is 7.65. The Kier molecular flexibility index (Phi) is 8.95. The monoisotopic (exact) mass is 529 g/mol. The first-order chi connectivity index (χ1) is 17.2. The number of methoxy groups -OCH3 is 1. The highest BCUT2D eigenvalue weighted by Crippen LogP contribution is 2.26. The van der Waals surface area contributed by atoms with Crippen molar-refractivity contribution in [3.63, 3.8) is 0 Å². The first-order valence-electron chi connectivity index (χ1n) is 11.1. The van der Waals surface area contributed by atoms with Crippen molar-refractivity contribution in [2.24, 2.45) is 0 Å². The van der Waals surface area contributed by atoms with Crippen LogP contribution in [0.2, 0.25) is 5.02 Å². The number of nitrogens with one attached hydrogen (secondary N) is 1. The summed E-state index contributed by atoms with van der Waals surface area (Å²) in [4.78, 5) is 27.5. The van der Waals surface area contributed by atoms with E-state index in [2.05, 4.69) is 5.32 Å². The van der Waals surface area contributed by atoms with Crippen LogP contribution in [0.25, 0.3) is 0 Å². The van der Waals surface area contributed by atoms with Crippen molar-refractivity contribution in [1.29, 1.82) is 0 Å². The summed E-state index contributed by atoms with van der Waals surface area (Å²) in [5.41, 5.74) is 1.02. The molecule has 190 valence electrons. The van der Waals surface area contributed by atoms with Gasteiger partial charge < -0.3 is 15.0 Å². The lowest BCUT2D eigenvalue weighted by molar-refractivity contribution is -0.139. The number of benzene rings is 3. The second-order valence-electron chi connectivity index (χ2n) is 7.96. The molecule has 1 atom stereocenters. The zero-order valence-corrected chi connectivity index (χ0v) is 21.8. The number of carbonyl (C=O) groups excluding carboxylic acids is 2. The van der Waals surface area contributed by atoms with E-state index in [4.69, 9.17) is 16.3 Å². The van der Waals surface area contributed by atoms with Gasteiger partial charge in [-0.3, -0.25) is 13.9 Å². The average Bonchev–Trinajstić information content (AvgIpc) is 2.89. The molecule has 10 heteroatoms. The van der Waals surface area contributed by atoms with Crippen LogP contribution < -0.4 is 14.4 Å². The normalized spacial score (nSPS) is 11.9. The smallest absolute Gasteiger partial charge is 0.264 e. The molecule has 3 rings (SSSR count). The Hall–Kier alpha value is -3.56. The Morgan fingerprint density at radius 1 is 1.00 bits per heavy atom. The van der Waals surface area contributed by atoms with Crippen molar-refractivity contribution in [1.82, 2.24) is 10.2 Å². The van der Waals surface area contributed by atoms with Gasteiger partial charge in [0.05, 0.1) is 17.7 Å². The molecule has 1 N–H and O–H groups in total. The maximum atomic E-state index is 13.7. The Morgan fingerprint density at radius 3 is 2.25 bits per heavy atom. The number of ether oxygens (including phenoxy) is 1. The van der Waals surface area contributed by atoms with Crippen LogP contribution in [0.1, 0.15) is 12.5 Å². The van der Waals surface area contributed by atoms with Gasteiger partial charge in [0.2, 0.25) is 11.8 Å². The molecule has 3 aromatic rings. The van der Waals surface area contributed by atoms with Gasteiger partial charge in [0.25, 0.3) is 10.0 Å². The number of halogens is 1. The van der Waals surface area contributed by atoms with Crippen molar-refractivity contribution in [2.45, 2.75) is 24.4 Å². The molecule has 0 heterocycles. The van der Waals surface area contributed by atoms with E-state index in [9.17, 15) is 18.0 Å². The summed E-state index contributed by atoms with van der Waals surface area (Å²) in [6.07, 6.45) is 0. The number of nitrogens with zero attached hydrogens (tertiary/aromatic N) is 2. The Balaban J connectivity index is 2.00. The maximum absolute atomic E-state index is 13.7. The van der Waals surface area contributed by atoms with E-state index < -0.39 is 28.5 Å². The van der Waals surface area contributed by atoms with Crippen molar-refractivity contribution in [3.05, 3.63) is 89.4 Å². The number of likely N-dealkylation sites (N-methyl/N-ethyl adjacent to an activating group) is 1. The molecule has 2 amide bonds. The van der Waals surface area contributed by atoms with Crippen LogP contribution in [-0.2, 0) is 26.2 Å². The highest BCUT2D eigenvalue weighted by Gasteiger charge is 2.32. The summed E-state index contributed by atoms with van der Waals surface area (Å²) in [5, 5.41) is 3.03. The van der Waals surface area contributed by atoms with Crippen LogP contribution in [0.15, 0.2) is 83.8 Å². The number of hydrogen-bond donors (Lipinski definition) is 1. The van der Waals surface area contributed by atoms with Crippen molar-refractivity contribution in [3.8, 4) is 5.75 Å². The topological polar surface area (TPSA) is 96.0 Å². The molecular weight excluding hydrogens is 502 g/mol. The largest absolute Gasteiger partial charge is 0.497 e. The predicted octanol–water partition coefficient (Wildman–Crippen LogP) is 3.71. The van der Waals surface area contributed by atoms with E-state index in [1.165, 1.54) is 43.3 Å². The van der Waals surface area contributed by atoms with Gasteiger partial charge in [-0.25, -0.2) is 8.42 Å².